The first-order valence-corrected chi connectivity index (χ1v) is 3.77. The first kappa shape index (κ1) is 10.5. The molecule has 0 aliphatic heterocycles. The van der Waals surface area contributed by atoms with Crippen LogP contribution in [0, 0.1) is 0 Å². The Morgan fingerprint density at radius 1 is 1.43 bits per heavy atom. The molecule has 0 spiro atoms. The third kappa shape index (κ3) is 2.46. The number of nitrogen functional groups attached to an aromatic ring is 1. The quantitative estimate of drug-likeness (QED) is 0.577. The van der Waals surface area contributed by atoms with Gasteiger partial charge in [-0.2, -0.15) is 8.78 Å². The molecule has 0 radical (unpaired) electrons. The van der Waals surface area contributed by atoms with Gasteiger partial charge in [-0.15, -0.1) is 0 Å². The maximum Gasteiger partial charge on any atom is 0.387 e. The van der Waals surface area contributed by atoms with Gasteiger partial charge in [-0.1, -0.05) is 0 Å². The molecule has 14 heavy (non-hydrogen) atoms. The van der Waals surface area contributed by atoms with Crippen molar-refractivity contribution >= 4 is 5.69 Å². The largest absolute Gasteiger partial charge is 0.495 e. The smallest absolute Gasteiger partial charge is 0.387 e. The third-order valence-corrected chi connectivity index (χ3v) is 1.55. The summed E-state index contributed by atoms with van der Waals surface area (Å²) in [6.07, 6.45) is 0. The molecular formula is C8H10F2N2O2. The van der Waals surface area contributed by atoms with Gasteiger partial charge in [0.15, 0.2) is 0 Å². The van der Waals surface area contributed by atoms with Gasteiger partial charge < -0.3 is 14.9 Å². The fourth-order valence-corrected chi connectivity index (χ4v) is 0.976. The van der Waals surface area contributed by atoms with Crippen molar-refractivity contribution in [3.8, 4) is 11.5 Å². The first-order valence-electron chi connectivity index (χ1n) is 3.77. The molecule has 0 heterocycles. The zero-order valence-electron chi connectivity index (χ0n) is 7.46. The Labute approximate surface area is 79.6 Å². The molecule has 1 rings (SSSR count). The van der Waals surface area contributed by atoms with Crippen LogP contribution < -0.4 is 20.7 Å². The highest BCUT2D eigenvalue weighted by molar-refractivity contribution is 5.58. The summed E-state index contributed by atoms with van der Waals surface area (Å²) in [5.41, 5.74) is 2.69. The van der Waals surface area contributed by atoms with Gasteiger partial charge in [-0.25, -0.2) is 0 Å². The average molecular weight is 204 g/mol. The Kier molecular flexibility index (Phi) is 3.47. The molecule has 6 heteroatoms. The van der Waals surface area contributed by atoms with E-state index in [1.165, 1.54) is 25.3 Å². The van der Waals surface area contributed by atoms with Crippen molar-refractivity contribution in [2.24, 2.45) is 5.84 Å². The molecule has 0 saturated carbocycles. The van der Waals surface area contributed by atoms with Crippen molar-refractivity contribution in [2.45, 2.75) is 6.61 Å². The number of halogens is 2. The van der Waals surface area contributed by atoms with Crippen molar-refractivity contribution in [3.63, 3.8) is 0 Å². The zero-order valence-corrected chi connectivity index (χ0v) is 7.46. The molecule has 0 aliphatic carbocycles. The van der Waals surface area contributed by atoms with Crippen molar-refractivity contribution in [1.29, 1.82) is 0 Å². The number of hydrogen-bond donors (Lipinski definition) is 2. The van der Waals surface area contributed by atoms with E-state index in [2.05, 4.69) is 10.2 Å². The molecule has 1 aromatic rings. The Morgan fingerprint density at radius 3 is 2.64 bits per heavy atom. The second-order valence-corrected chi connectivity index (χ2v) is 2.38. The number of ether oxygens (including phenoxy) is 2. The highest BCUT2D eigenvalue weighted by atomic mass is 19.3. The van der Waals surface area contributed by atoms with E-state index < -0.39 is 6.61 Å². The maximum absolute atomic E-state index is 11.8. The van der Waals surface area contributed by atoms with Crippen molar-refractivity contribution < 1.29 is 18.3 Å². The Hall–Kier alpha value is -1.56. The number of hydrazine groups is 1. The highest BCUT2D eigenvalue weighted by Crippen LogP contribution is 2.28. The number of hydrogen-bond acceptors (Lipinski definition) is 4. The molecule has 0 amide bonds. The van der Waals surface area contributed by atoms with Crippen molar-refractivity contribution in [1.82, 2.24) is 0 Å². The van der Waals surface area contributed by atoms with E-state index in [1.807, 2.05) is 0 Å². The lowest BCUT2D eigenvalue weighted by Crippen LogP contribution is -2.09. The van der Waals surface area contributed by atoms with Crippen LogP contribution >= 0.6 is 0 Å². The standard InChI is InChI=1S/C8H10F2N2O2/c1-13-7-3-2-5(14-8(9)10)4-6(7)12-11/h2-4,8,12H,11H2,1H3. The van der Waals surface area contributed by atoms with Crippen LogP contribution in [0.3, 0.4) is 0 Å². The first-order chi connectivity index (χ1) is 6.67. The van der Waals surface area contributed by atoms with E-state index >= 15 is 0 Å². The molecule has 3 N–H and O–H groups in total. The molecule has 1 aromatic carbocycles. The van der Waals surface area contributed by atoms with Gasteiger partial charge in [0.1, 0.15) is 11.5 Å². The SMILES string of the molecule is COc1ccc(OC(F)F)cc1NN. The van der Waals surface area contributed by atoms with Crippen LogP contribution in [0.1, 0.15) is 0 Å². The molecule has 0 saturated heterocycles. The minimum absolute atomic E-state index is 0.0220. The summed E-state index contributed by atoms with van der Waals surface area (Å²) in [5.74, 6) is 5.63. The lowest BCUT2D eigenvalue weighted by molar-refractivity contribution is -0.0498. The van der Waals surface area contributed by atoms with Crippen LogP contribution in [-0.2, 0) is 0 Å². The second-order valence-electron chi connectivity index (χ2n) is 2.38. The number of rotatable bonds is 4. The molecule has 0 aromatic heterocycles. The number of alkyl halides is 2. The van der Waals surface area contributed by atoms with Gasteiger partial charge in [-0.05, 0) is 12.1 Å². The zero-order chi connectivity index (χ0) is 10.6. The van der Waals surface area contributed by atoms with Crippen molar-refractivity contribution in [3.05, 3.63) is 18.2 Å². The summed E-state index contributed by atoms with van der Waals surface area (Å²) >= 11 is 0. The monoisotopic (exact) mass is 204 g/mol. The van der Waals surface area contributed by atoms with Crippen LogP contribution in [0.5, 0.6) is 11.5 Å². The summed E-state index contributed by atoms with van der Waals surface area (Å²) in [7, 11) is 1.45. The average Bonchev–Trinajstić information content (AvgIpc) is 2.16. The van der Waals surface area contributed by atoms with Gasteiger partial charge >= 0.3 is 6.61 Å². The highest BCUT2D eigenvalue weighted by Gasteiger charge is 2.07. The summed E-state index contributed by atoms with van der Waals surface area (Å²) in [6, 6.07) is 4.17. The number of methoxy groups -OCH3 is 1. The second kappa shape index (κ2) is 4.61. The Bertz CT molecular complexity index is 307. The van der Waals surface area contributed by atoms with Crippen LogP contribution in [0.4, 0.5) is 14.5 Å². The number of nitrogens with one attached hydrogen (secondary N) is 1. The summed E-state index contributed by atoms with van der Waals surface area (Å²) in [6.45, 7) is -2.85. The van der Waals surface area contributed by atoms with Crippen LogP contribution in [0.2, 0.25) is 0 Å². The molecule has 0 atom stereocenters. The number of anilines is 1. The van der Waals surface area contributed by atoms with E-state index in [1.54, 1.807) is 0 Å². The van der Waals surface area contributed by atoms with E-state index in [9.17, 15) is 8.78 Å². The van der Waals surface area contributed by atoms with E-state index in [0.717, 1.165) is 0 Å². The van der Waals surface area contributed by atoms with Gasteiger partial charge in [0, 0.05) is 6.07 Å². The molecule has 78 valence electrons. The lowest BCUT2D eigenvalue weighted by atomic mass is 10.3. The predicted octanol–water partition coefficient (Wildman–Crippen LogP) is 1.58. The predicted molar refractivity (Wildman–Crippen MR) is 47.4 cm³/mol. The fraction of sp³-hybridized carbons (Fsp3) is 0.250. The van der Waals surface area contributed by atoms with Crippen LogP contribution in [-0.4, -0.2) is 13.7 Å². The molecule has 0 fully saturated rings. The molecule has 0 aliphatic rings. The number of nitrogens with two attached hydrogens (primary N) is 1. The maximum atomic E-state index is 11.8. The molecule has 0 bridgehead atoms. The van der Waals surface area contributed by atoms with Gasteiger partial charge in [0.2, 0.25) is 0 Å². The normalized spacial score (nSPS) is 10.1. The summed E-state index contributed by atoms with van der Waals surface area (Å²) < 4.78 is 32.7. The summed E-state index contributed by atoms with van der Waals surface area (Å²) in [5, 5.41) is 0. The van der Waals surface area contributed by atoms with E-state index in [4.69, 9.17) is 10.6 Å². The van der Waals surface area contributed by atoms with Crippen molar-refractivity contribution in [2.75, 3.05) is 12.5 Å². The van der Waals surface area contributed by atoms with Crippen LogP contribution in [0.25, 0.3) is 0 Å². The van der Waals surface area contributed by atoms with Gasteiger partial charge in [-0.3, -0.25) is 5.84 Å². The lowest BCUT2D eigenvalue weighted by Gasteiger charge is -2.10. The molecular weight excluding hydrogens is 194 g/mol. The Balaban J connectivity index is 2.89. The topological polar surface area (TPSA) is 56.5 Å². The van der Waals surface area contributed by atoms with Gasteiger partial charge in [0.05, 0.1) is 12.8 Å². The molecule has 4 nitrogen and oxygen atoms in total. The van der Waals surface area contributed by atoms with Gasteiger partial charge in [0.25, 0.3) is 0 Å². The summed E-state index contributed by atoms with van der Waals surface area (Å²) in [4.78, 5) is 0. The molecule has 0 unspecified atom stereocenters. The fourth-order valence-electron chi connectivity index (χ4n) is 0.976. The minimum Gasteiger partial charge on any atom is -0.495 e. The Morgan fingerprint density at radius 2 is 2.14 bits per heavy atom. The third-order valence-electron chi connectivity index (χ3n) is 1.55. The van der Waals surface area contributed by atoms with E-state index in [-0.39, 0.29) is 5.75 Å². The number of benzene rings is 1. The van der Waals surface area contributed by atoms with Crippen LogP contribution in [0.15, 0.2) is 18.2 Å². The minimum atomic E-state index is -2.85. The van der Waals surface area contributed by atoms with E-state index in [0.29, 0.717) is 11.4 Å².